The Morgan fingerprint density at radius 3 is 2.23 bits per heavy atom. The van der Waals surface area contributed by atoms with Crippen molar-refractivity contribution in [3.8, 4) is 0 Å². The average molecular weight is 607 g/mol. The van der Waals surface area contributed by atoms with E-state index in [-0.39, 0.29) is 5.92 Å². The lowest BCUT2D eigenvalue weighted by atomic mass is 9.45. The van der Waals surface area contributed by atoms with E-state index in [1.165, 1.54) is 26.8 Å². The first-order valence-corrected chi connectivity index (χ1v) is 14.9. The molecule has 2 aliphatic carbocycles. The van der Waals surface area contributed by atoms with Gasteiger partial charge in [0.15, 0.2) is 0 Å². The maximum absolute atomic E-state index is 13.4. The monoisotopic (exact) mass is 606 g/mol. The Morgan fingerprint density at radius 2 is 1.61 bits per heavy atom. The summed E-state index contributed by atoms with van der Waals surface area (Å²) in [4.78, 5) is 50.4. The van der Waals surface area contributed by atoms with Gasteiger partial charge in [-0.05, 0) is 61.2 Å². The van der Waals surface area contributed by atoms with Crippen LogP contribution in [0.5, 0.6) is 0 Å². The Hall–Kier alpha value is -3.98. The molecule has 44 heavy (non-hydrogen) atoms. The van der Waals surface area contributed by atoms with Crippen molar-refractivity contribution in [3.63, 3.8) is 0 Å². The molecule has 0 N–H and O–H groups in total. The van der Waals surface area contributed by atoms with Crippen molar-refractivity contribution in [3.05, 3.63) is 77.9 Å². The predicted octanol–water partition coefficient (Wildman–Crippen LogP) is 5.85. The highest BCUT2D eigenvalue weighted by Gasteiger charge is 2.72. The molecular weight excluding hydrogens is 564 g/mol. The zero-order valence-electron chi connectivity index (χ0n) is 26.2. The molecule has 1 aromatic carbocycles. The van der Waals surface area contributed by atoms with Crippen molar-refractivity contribution in [1.82, 2.24) is 0 Å². The van der Waals surface area contributed by atoms with E-state index in [1.807, 2.05) is 37.3 Å². The lowest BCUT2D eigenvalue weighted by molar-refractivity contribution is -0.256. The van der Waals surface area contributed by atoms with Crippen LogP contribution in [-0.4, -0.2) is 48.7 Å². The molecule has 0 unspecified atom stereocenters. The summed E-state index contributed by atoms with van der Waals surface area (Å²) in [5, 5.41) is 0. The van der Waals surface area contributed by atoms with Gasteiger partial charge in [0, 0.05) is 32.4 Å². The second kappa shape index (κ2) is 13.3. The van der Waals surface area contributed by atoms with Gasteiger partial charge in [-0.25, -0.2) is 4.79 Å². The summed E-state index contributed by atoms with van der Waals surface area (Å²) in [5.74, 6) is -2.69. The van der Waals surface area contributed by atoms with E-state index >= 15 is 0 Å². The van der Waals surface area contributed by atoms with Crippen LogP contribution in [0, 0.1) is 22.7 Å². The number of rotatable bonds is 9. The maximum atomic E-state index is 13.4. The van der Waals surface area contributed by atoms with Gasteiger partial charge in [0.2, 0.25) is 12.6 Å². The number of allylic oxidation sites excluding steroid dienone is 3. The van der Waals surface area contributed by atoms with Gasteiger partial charge in [-0.15, -0.1) is 0 Å². The number of carbonyl (C=O) groups is 4. The SMILES string of the molecule is C=CC(C)=CC[C@]1(C)[C@H](C)C[C@H](OC(=O)C=Cc2ccccc2)[C@@]23C(=C[C@H](OC(C)=O)C[C@@H]12)[C@@H](OC(C)=O)O[C@@H]3OC(C)=O. The fourth-order valence-corrected chi connectivity index (χ4v) is 7.10. The maximum Gasteiger partial charge on any atom is 0.331 e. The highest BCUT2D eigenvalue weighted by molar-refractivity contribution is 5.87. The van der Waals surface area contributed by atoms with Gasteiger partial charge in [0.05, 0.1) is 0 Å². The molecule has 9 nitrogen and oxygen atoms in total. The number of ether oxygens (including phenoxy) is 5. The fourth-order valence-electron chi connectivity index (χ4n) is 7.10. The molecule has 1 saturated carbocycles. The lowest BCUT2D eigenvalue weighted by Gasteiger charge is -2.60. The quantitative estimate of drug-likeness (QED) is 0.112. The molecule has 236 valence electrons. The Labute approximate surface area is 258 Å². The van der Waals surface area contributed by atoms with Gasteiger partial charge in [-0.2, -0.15) is 0 Å². The summed E-state index contributed by atoms with van der Waals surface area (Å²) in [5.41, 5.74) is 0.545. The Morgan fingerprint density at radius 1 is 0.955 bits per heavy atom. The molecule has 1 saturated heterocycles. The summed E-state index contributed by atoms with van der Waals surface area (Å²) < 4.78 is 29.7. The van der Waals surface area contributed by atoms with E-state index in [0.717, 1.165) is 11.1 Å². The molecule has 3 aliphatic rings. The molecule has 1 heterocycles. The van der Waals surface area contributed by atoms with E-state index in [2.05, 4.69) is 26.5 Å². The van der Waals surface area contributed by atoms with Gasteiger partial charge in [0.1, 0.15) is 17.6 Å². The standard InChI is InChI=1S/C35H42O9/c1-8-21(2)16-17-34(7)22(3)18-30(43-31(39)15-14-26-12-10-9-11-13-26)35-28(19-27(20-29(34)35)40-23(4)36)32(41-24(5)37)44-33(35)42-25(6)38/h8-16,19,22,27,29-30,32-33H,1,17-18,20H2,2-7H3/t22-,27+,29+,30+,32+,33+,34-,35-/m1/s1. The van der Waals surface area contributed by atoms with Crippen molar-refractivity contribution in [2.24, 2.45) is 22.7 Å². The summed E-state index contributed by atoms with van der Waals surface area (Å²) >= 11 is 0. The lowest BCUT2D eigenvalue weighted by Crippen LogP contribution is -2.64. The molecule has 0 bridgehead atoms. The summed E-state index contributed by atoms with van der Waals surface area (Å²) in [6, 6.07) is 9.36. The third kappa shape index (κ3) is 6.58. The van der Waals surface area contributed by atoms with E-state index in [0.29, 0.717) is 24.8 Å². The molecule has 0 aromatic heterocycles. The Bertz CT molecular complexity index is 1380. The first kappa shape index (κ1) is 32.9. The first-order valence-electron chi connectivity index (χ1n) is 14.9. The second-order valence-electron chi connectivity index (χ2n) is 12.2. The molecule has 1 aliphatic heterocycles. The molecule has 1 aromatic rings. The minimum absolute atomic E-state index is 0.00836. The highest BCUT2D eigenvalue weighted by Crippen LogP contribution is 2.67. The number of carbonyl (C=O) groups excluding carboxylic acids is 4. The Kier molecular flexibility index (Phi) is 9.98. The van der Waals surface area contributed by atoms with Crippen LogP contribution in [-0.2, 0) is 42.9 Å². The van der Waals surface area contributed by atoms with Crippen LogP contribution in [0.2, 0.25) is 0 Å². The van der Waals surface area contributed by atoms with Crippen LogP contribution < -0.4 is 0 Å². The van der Waals surface area contributed by atoms with Crippen molar-refractivity contribution >= 4 is 30.0 Å². The van der Waals surface area contributed by atoms with Crippen LogP contribution in [0.1, 0.15) is 66.4 Å². The summed E-state index contributed by atoms with van der Waals surface area (Å²) in [6.45, 7) is 13.9. The van der Waals surface area contributed by atoms with Crippen molar-refractivity contribution in [2.45, 2.75) is 85.6 Å². The highest BCUT2D eigenvalue weighted by atomic mass is 16.8. The van der Waals surface area contributed by atoms with Crippen LogP contribution in [0.15, 0.2) is 72.4 Å². The van der Waals surface area contributed by atoms with E-state index < -0.39 is 65.4 Å². The van der Waals surface area contributed by atoms with Gasteiger partial charge < -0.3 is 18.9 Å². The fraction of sp³-hybridized carbons (Fsp3) is 0.486. The van der Waals surface area contributed by atoms with Crippen LogP contribution in [0.4, 0.5) is 0 Å². The number of esters is 4. The topological polar surface area (TPSA) is 114 Å². The largest absolute Gasteiger partial charge is 0.458 e. The molecule has 9 heteroatoms. The van der Waals surface area contributed by atoms with Crippen molar-refractivity contribution in [1.29, 1.82) is 0 Å². The third-order valence-electron chi connectivity index (χ3n) is 9.34. The van der Waals surface area contributed by atoms with Crippen LogP contribution >= 0.6 is 0 Å². The smallest absolute Gasteiger partial charge is 0.331 e. The Balaban J connectivity index is 1.90. The molecule has 0 radical (unpaired) electrons. The number of hydrogen-bond donors (Lipinski definition) is 0. The zero-order chi connectivity index (χ0) is 32.2. The van der Waals surface area contributed by atoms with Gasteiger partial charge in [-0.1, -0.05) is 68.5 Å². The molecule has 4 rings (SSSR count). The number of hydrogen-bond acceptors (Lipinski definition) is 9. The summed E-state index contributed by atoms with van der Waals surface area (Å²) in [7, 11) is 0. The van der Waals surface area contributed by atoms with Crippen LogP contribution in [0.3, 0.4) is 0 Å². The van der Waals surface area contributed by atoms with Gasteiger partial charge in [-0.3, -0.25) is 19.1 Å². The molecular formula is C35H42O9. The van der Waals surface area contributed by atoms with E-state index in [4.69, 9.17) is 23.7 Å². The van der Waals surface area contributed by atoms with Gasteiger partial charge >= 0.3 is 23.9 Å². The van der Waals surface area contributed by atoms with Crippen LogP contribution in [0.25, 0.3) is 6.08 Å². The van der Waals surface area contributed by atoms with Gasteiger partial charge in [0.25, 0.3) is 0 Å². The molecule has 1 spiro atoms. The zero-order valence-corrected chi connectivity index (χ0v) is 26.2. The minimum Gasteiger partial charge on any atom is -0.458 e. The van der Waals surface area contributed by atoms with Crippen molar-refractivity contribution < 1.29 is 42.9 Å². The first-order chi connectivity index (χ1) is 20.8. The third-order valence-corrected chi connectivity index (χ3v) is 9.34. The minimum atomic E-state index is -1.25. The average Bonchev–Trinajstić information content (AvgIpc) is 3.25. The van der Waals surface area contributed by atoms with E-state index in [1.54, 1.807) is 18.2 Å². The number of benzene rings is 1. The molecule has 2 fully saturated rings. The second-order valence-corrected chi connectivity index (χ2v) is 12.2. The molecule has 0 amide bonds. The predicted molar refractivity (Wildman–Crippen MR) is 162 cm³/mol. The van der Waals surface area contributed by atoms with Crippen molar-refractivity contribution in [2.75, 3.05) is 0 Å². The normalized spacial score (nSPS) is 33.0. The summed E-state index contributed by atoms with van der Waals surface area (Å²) in [6.07, 6.45) is 5.97. The van der Waals surface area contributed by atoms with E-state index in [9.17, 15) is 19.2 Å². The molecule has 8 atom stereocenters.